The van der Waals surface area contributed by atoms with Crippen LogP contribution in [0.3, 0.4) is 0 Å². The van der Waals surface area contributed by atoms with Gasteiger partial charge in [0.05, 0.1) is 12.3 Å². The Balaban J connectivity index is 2.19. The summed E-state index contributed by atoms with van der Waals surface area (Å²) in [7, 11) is 0. The first-order valence-electron chi connectivity index (χ1n) is 7.26. The van der Waals surface area contributed by atoms with Crippen molar-refractivity contribution in [2.24, 2.45) is 0 Å². The molecule has 0 aliphatic heterocycles. The summed E-state index contributed by atoms with van der Waals surface area (Å²) in [6.45, 7) is 9.95. The third-order valence-electron chi connectivity index (χ3n) is 3.42. The maximum absolute atomic E-state index is 5.74. The van der Waals surface area contributed by atoms with Gasteiger partial charge < -0.3 is 4.74 Å². The van der Waals surface area contributed by atoms with Crippen LogP contribution < -0.4 is 4.74 Å². The molecule has 0 N–H and O–H groups in total. The van der Waals surface area contributed by atoms with Crippen LogP contribution in [-0.2, 0) is 13.0 Å². The number of rotatable bonds is 6. The van der Waals surface area contributed by atoms with Crippen molar-refractivity contribution in [1.29, 1.82) is 0 Å². The van der Waals surface area contributed by atoms with Crippen LogP contribution in [0.2, 0.25) is 0 Å². The number of aromatic nitrogens is 3. The van der Waals surface area contributed by atoms with E-state index in [1.165, 1.54) is 11.1 Å². The highest BCUT2D eigenvalue weighted by Gasteiger charge is 2.14. The van der Waals surface area contributed by atoms with Crippen molar-refractivity contribution in [3.8, 4) is 5.75 Å². The van der Waals surface area contributed by atoms with Gasteiger partial charge in [0.2, 0.25) is 0 Å². The first-order chi connectivity index (χ1) is 9.63. The highest BCUT2D eigenvalue weighted by Crippen LogP contribution is 2.29. The molecule has 0 amide bonds. The molecule has 0 radical (unpaired) electrons. The fourth-order valence-corrected chi connectivity index (χ4v) is 2.35. The second kappa shape index (κ2) is 6.55. The van der Waals surface area contributed by atoms with Crippen LogP contribution in [0.25, 0.3) is 0 Å². The van der Waals surface area contributed by atoms with Crippen molar-refractivity contribution in [1.82, 2.24) is 15.0 Å². The van der Waals surface area contributed by atoms with Gasteiger partial charge in [0.15, 0.2) is 0 Å². The van der Waals surface area contributed by atoms with Crippen LogP contribution in [0.15, 0.2) is 24.4 Å². The minimum Gasteiger partial charge on any atom is -0.494 e. The molecule has 2 aromatic rings. The van der Waals surface area contributed by atoms with Crippen LogP contribution in [0.5, 0.6) is 5.75 Å². The van der Waals surface area contributed by atoms with E-state index in [0.29, 0.717) is 12.5 Å². The number of nitrogens with zero attached hydrogens (tertiary/aromatic N) is 3. The third-order valence-corrected chi connectivity index (χ3v) is 3.42. The molecule has 0 saturated carbocycles. The Morgan fingerprint density at radius 1 is 1.30 bits per heavy atom. The summed E-state index contributed by atoms with van der Waals surface area (Å²) in [6.07, 6.45) is 2.90. The summed E-state index contributed by atoms with van der Waals surface area (Å²) in [5.74, 6) is 1.34. The molecule has 1 atom stereocenters. The maximum atomic E-state index is 5.74. The molecule has 0 fully saturated rings. The topological polar surface area (TPSA) is 39.9 Å². The largest absolute Gasteiger partial charge is 0.494 e. The smallest absolute Gasteiger partial charge is 0.122 e. The van der Waals surface area contributed by atoms with E-state index in [2.05, 4.69) is 49.3 Å². The maximum Gasteiger partial charge on any atom is 0.122 e. The molecule has 0 spiro atoms. The van der Waals surface area contributed by atoms with Crippen molar-refractivity contribution in [2.45, 2.75) is 46.6 Å². The Kier molecular flexibility index (Phi) is 4.77. The molecule has 0 saturated heterocycles. The number of hydrogen-bond acceptors (Lipinski definition) is 3. The van der Waals surface area contributed by atoms with Crippen molar-refractivity contribution in [3.05, 3.63) is 41.2 Å². The van der Waals surface area contributed by atoms with E-state index < -0.39 is 0 Å². The van der Waals surface area contributed by atoms with Crippen molar-refractivity contribution < 1.29 is 4.74 Å². The molecule has 0 aliphatic carbocycles. The average molecular weight is 273 g/mol. The van der Waals surface area contributed by atoms with Crippen molar-refractivity contribution in [2.75, 3.05) is 6.61 Å². The molecule has 108 valence electrons. The van der Waals surface area contributed by atoms with Gasteiger partial charge in [-0.2, -0.15) is 0 Å². The number of ether oxygens (including phenoxy) is 1. The molecule has 1 heterocycles. The zero-order valence-corrected chi connectivity index (χ0v) is 12.8. The standard InChI is InChI=1S/C16H23N3O/c1-5-19-11-14(17-18-19)10-13(4)15-9-12(3)7-8-16(15)20-6-2/h7-9,11,13H,5-6,10H2,1-4H3. The number of benzene rings is 1. The predicted molar refractivity (Wildman–Crippen MR) is 80.2 cm³/mol. The molecular formula is C16H23N3O. The summed E-state index contributed by atoms with van der Waals surface area (Å²) in [5.41, 5.74) is 3.54. The second-order valence-corrected chi connectivity index (χ2v) is 5.15. The molecule has 20 heavy (non-hydrogen) atoms. The lowest BCUT2D eigenvalue weighted by Crippen LogP contribution is -2.04. The van der Waals surface area contributed by atoms with Gasteiger partial charge in [-0.1, -0.05) is 29.8 Å². The SMILES string of the molecule is CCOc1ccc(C)cc1C(C)Cc1cn(CC)nn1. The zero-order valence-electron chi connectivity index (χ0n) is 12.8. The van der Waals surface area contributed by atoms with E-state index >= 15 is 0 Å². The van der Waals surface area contributed by atoms with E-state index in [1.54, 1.807) is 0 Å². The number of hydrogen-bond donors (Lipinski definition) is 0. The molecule has 1 aromatic heterocycles. The van der Waals surface area contributed by atoms with E-state index in [0.717, 1.165) is 24.4 Å². The molecule has 0 bridgehead atoms. The van der Waals surface area contributed by atoms with Crippen molar-refractivity contribution in [3.63, 3.8) is 0 Å². The lowest BCUT2D eigenvalue weighted by Gasteiger charge is -2.16. The molecule has 4 heteroatoms. The molecular weight excluding hydrogens is 250 g/mol. The number of aryl methyl sites for hydroxylation is 2. The molecule has 4 nitrogen and oxygen atoms in total. The first kappa shape index (κ1) is 14.6. The summed E-state index contributed by atoms with van der Waals surface area (Å²) in [5, 5.41) is 8.32. The molecule has 1 aromatic carbocycles. The fraction of sp³-hybridized carbons (Fsp3) is 0.500. The van der Waals surface area contributed by atoms with Gasteiger partial charge >= 0.3 is 0 Å². The van der Waals surface area contributed by atoms with Crippen LogP contribution >= 0.6 is 0 Å². The average Bonchev–Trinajstić information content (AvgIpc) is 2.88. The summed E-state index contributed by atoms with van der Waals surface area (Å²) in [4.78, 5) is 0. The van der Waals surface area contributed by atoms with Gasteiger partial charge in [-0.25, -0.2) is 0 Å². The summed E-state index contributed by atoms with van der Waals surface area (Å²) >= 11 is 0. The van der Waals surface area contributed by atoms with Gasteiger partial charge in [-0.05, 0) is 44.7 Å². The van der Waals surface area contributed by atoms with Crippen molar-refractivity contribution >= 4 is 0 Å². The Bertz CT molecular complexity index is 563. The highest BCUT2D eigenvalue weighted by molar-refractivity contribution is 5.39. The van der Waals surface area contributed by atoms with E-state index in [-0.39, 0.29) is 0 Å². The predicted octanol–water partition coefficient (Wildman–Crippen LogP) is 3.35. The lowest BCUT2D eigenvalue weighted by molar-refractivity contribution is 0.334. The third kappa shape index (κ3) is 3.38. The Hall–Kier alpha value is -1.84. The van der Waals surface area contributed by atoms with E-state index in [4.69, 9.17) is 4.74 Å². The summed E-state index contributed by atoms with van der Waals surface area (Å²) in [6, 6.07) is 6.36. The van der Waals surface area contributed by atoms with Gasteiger partial charge in [-0.3, -0.25) is 4.68 Å². The normalized spacial score (nSPS) is 12.4. The van der Waals surface area contributed by atoms with E-state index in [1.807, 2.05) is 17.8 Å². The van der Waals surface area contributed by atoms with Crippen LogP contribution in [0.1, 0.15) is 43.5 Å². The Morgan fingerprint density at radius 2 is 2.10 bits per heavy atom. The minimum absolute atomic E-state index is 0.360. The fourth-order valence-electron chi connectivity index (χ4n) is 2.35. The Morgan fingerprint density at radius 3 is 2.75 bits per heavy atom. The van der Waals surface area contributed by atoms with E-state index in [9.17, 15) is 0 Å². The highest BCUT2D eigenvalue weighted by atomic mass is 16.5. The Labute approximate surface area is 120 Å². The van der Waals surface area contributed by atoms with Crippen LogP contribution in [0, 0.1) is 6.92 Å². The monoisotopic (exact) mass is 273 g/mol. The minimum atomic E-state index is 0.360. The first-order valence-corrected chi connectivity index (χ1v) is 7.26. The quantitative estimate of drug-likeness (QED) is 0.810. The van der Waals surface area contributed by atoms with Crippen LogP contribution in [0.4, 0.5) is 0 Å². The van der Waals surface area contributed by atoms with Gasteiger partial charge in [0.1, 0.15) is 5.75 Å². The summed E-state index contributed by atoms with van der Waals surface area (Å²) < 4.78 is 7.60. The van der Waals surface area contributed by atoms with Gasteiger partial charge in [0, 0.05) is 12.7 Å². The molecule has 2 rings (SSSR count). The van der Waals surface area contributed by atoms with Gasteiger partial charge in [-0.15, -0.1) is 5.10 Å². The van der Waals surface area contributed by atoms with Gasteiger partial charge in [0.25, 0.3) is 0 Å². The molecule has 1 unspecified atom stereocenters. The second-order valence-electron chi connectivity index (χ2n) is 5.15. The lowest BCUT2D eigenvalue weighted by atomic mass is 9.94. The zero-order chi connectivity index (χ0) is 14.5. The van der Waals surface area contributed by atoms with Crippen LogP contribution in [-0.4, -0.2) is 21.6 Å². The molecule has 0 aliphatic rings.